The second kappa shape index (κ2) is 7.04. The number of aryl methyl sites for hydroxylation is 1. The number of hydrogen-bond donors (Lipinski definition) is 3. The lowest BCUT2D eigenvalue weighted by Crippen LogP contribution is -2.39. The molecule has 0 aromatic heterocycles. The fourth-order valence-electron chi connectivity index (χ4n) is 1.88. The van der Waals surface area contributed by atoms with E-state index in [-0.39, 0.29) is 5.75 Å². The molecule has 0 saturated carbocycles. The number of phenols is 1. The number of carbonyl (C=O) groups excluding carboxylic acids is 1. The molecule has 0 fully saturated rings. The molecule has 1 unspecified atom stereocenters. The lowest BCUT2D eigenvalue weighted by molar-refractivity contribution is 0.183. The fraction of sp³-hybridized carbons (Fsp3) is 0.188. The smallest absolute Gasteiger partial charge is 0.322 e. The Bertz CT molecular complexity index is 659. The first-order valence-electron chi connectivity index (χ1n) is 6.73. The van der Waals surface area contributed by atoms with E-state index in [1.54, 1.807) is 50.2 Å². The van der Waals surface area contributed by atoms with Gasteiger partial charge in [-0.3, -0.25) is 0 Å². The van der Waals surface area contributed by atoms with Gasteiger partial charge in [-0.05, 0) is 61.9 Å². The molecule has 2 amide bonds. The number of urea groups is 1. The maximum absolute atomic E-state index is 11.9. The van der Waals surface area contributed by atoms with E-state index >= 15 is 0 Å². The topological polar surface area (TPSA) is 70.6 Å². The number of anilines is 1. The second-order valence-corrected chi connectivity index (χ2v) is 5.25. The van der Waals surface area contributed by atoms with E-state index < -0.39 is 12.3 Å². The normalized spacial score (nSPS) is 11.6. The molecule has 116 valence electrons. The summed E-state index contributed by atoms with van der Waals surface area (Å²) in [7, 11) is 0. The van der Waals surface area contributed by atoms with Crippen molar-refractivity contribution in [3.05, 3.63) is 53.1 Å². The zero-order chi connectivity index (χ0) is 16.1. The summed E-state index contributed by atoms with van der Waals surface area (Å²) in [6, 6.07) is 11.2. The van der Waals surface area contributed by atoms with Crippen molar-refractivity contribution < 1.29 is 14.6 Å². The molecule has 0 bridgehead atoms. The zero-order valence-electron chi connectivity index (χ0n) is 12.3. The Morgan fingerprint density at radius 2 is 1.91 bits per heavy atom. The fourth-order valence-corrected chi connectivity index (χ4v) is 2.00. The Hall–Kier alpha value is -2.40. The van der Waals surface area contributed by atoms with Gasteiger partial charge in [0.1, 0.15) is 11.5 Å². The minimum absolute atomic E-state index is 0.155. The summed E-state index contributed by atoms with van der Waals surface area (Å²) in [6.45, 7) is 3.51. The van der Waals surface area contributed by atoms with Crippen molar-refractivity contribution in [1.29, 1.82) is 0 Å². The van der Waals surface area contributed by atoms with Crippen LogP contribution in [0.1, 0.15) is 12.5 Å². The molecular weight excluding hydrogens is 304 g/mol. The quantitative estimate of drug-likeness (QED) is 0.591. The molecule has 0 aliphatic rings. The monoisotopic (exact) mass is 320 g/mol. The third kappa shape index (κ3) is 4.56. The molecule has 3 N–H and O–H groups in total. The average Bonchev–Trinajstić information content (AvgIpc) is 2.44. The molecule has 0 spiro atoms. The molecule has 1 atom stereocenters. The van der Waals surface area contributed by atoms with Gasteiger partial charge in [0.05, 0.1) is 0 Å². The van der Waals surface area contributed by atoms with Crippen LogP contribution in [0.15, 0.2) is 42.5 Å². The van der Waals surface area contributed by atoms with Crippen molar-refractivity contribution in [3.8, 4) is 11.5 Å². The first-order chi connectivity index (χ1) is 10.4. The number of amides is 2. The van der Waals surface area contributed by atoms with Crippen molar-refractivity contribution in [2.45, 2.75) is 20.1 Å². The summed E-state index contributed by atoms with van der Waals surface area (Å²) in [5.74, 6) is 0.765. The maximum Gasteiger partial charge on any atom is 0.322 e. The third-order valence-corrected chi connectivity index (χ3v) is 3.17. The van der Waals surface area contributed by atoms with Gasteiger partial charge in [0.25, 0.3) is 0 Å². The first kappa shape index (κ1) is 16.0. The number of ether oxygens (including phenoxy) is 1. The van der Waals surface area contributed by atoms with Gasteiger partial charge in [0, 0.05) is 10.7 Å². The average molecular weight is 321 g/mol. The van der Waals surface area contributed by atoms with E-state index in [9.17, 15) is 9.90 Å². The van der Waals surface area contributed by atoms with Crippen LogP contribution in [0.5, 0.6) is 11.5 Å². The van der Waals surface area contributed by atoms with Crippen LogP contribution in [0.4, 0.5) is 10.5 Å². The van der Waals surface area contributed by atoms with E-state index in [2.05, 4.69) is 10.6 Å². The molecule has 0 heterocycles. The van der Waals surface area contributed by atoms with Gasteiger partial charge in [0.15, 0.2) is 6.23 Å². The van der Waals surface area contributed by atoms with Gasteiger partial charge >= 0.3 is 6.03 Å². The number of rotatable bonds is 4. The van der Waals surface area contributed by atoms with Crippen molar-refractivity contribution in [3.63, 3.8) is 0 Å². The van der Waals surface area contributed by atoms with Crippen LogP contribution in [-0.2, 0) is 0 Å². The summed E-state index contributed by atoms with van der Waals surface area (Å²) in [5, 5.41) is 15.3. The van der Waals surface area contributed by atoms with Crippen LogP contribution in [0.2, 0.25) is 5.02 Å². The van der Waals surface area contributed by atoms with E-state index in [1.165, 1.54) is 6.07 Å². The number of benzene rings is 2. The minimum Gasteiger partial charge on any atom is -0.508 e. The van der Waals surface area contributed by atoms with Gasteiger partial charge in [-0.1, -0.05) is 11.6 Å². The van der Waals surface area contributed by atoms with Crippen LogP contribution in [0.25, 0.3) is 0 Å². The van der Waals surface area contributed by atoms with Crippen LogP contribution < -0.4 is 15.4 Å². The highest BCUT2D eigenvalue weighted by Crippen LogP contribution is 2.20. The second-order valence-electron chi connectivity index (χ2n) is 4.81. The van der Waals surface area contributed by atoms with Crippen LogP contribution >= 0.6 is 11.6 Å². The van der Waals surface area contributed by atoms with Crippen molar-refractivity contribution in [2.75, 3.05) is 5.32 Å². The van der Waals surface area contributed by atoms with Crippen LogP contribution in [-0.4, -0.2) is 17.4 Å². The highest BCUT2D eigenvalue weighted by atomic mass is 35.5. The van der Waals surface area contributed by atoms with Crippen molar-refractivity contribution >= 4 is 23.3 Å². The summed E-state index contributed by atoms with van der Waals surface area (Å²) < 4.78 is 5.56. The maximum atomic E-state index is 11.9. The molecule has 6 heteroatoms. The Kier molecular flexibility index (Phi) is 5.12. The van der Waals surface area contributed by atoms with E-state index in [0.717, 1.165) is 5.56 Å². The van der Waals surface area contributed by atoms with Crippen molar-refractivity contribution in [2.24, 2.45) is 0 Å². The summed E-state index contributed by atoms with van der Waals surface area (Å²) in [4.78, 5) is 11.9. The summed E-state index contributed by atoms with van der Waals surface area (Å²) >= 11 is 5.80. The number of halogens is 1. The highest BCUT2D eigenvalue weighted by Gasteiger charge is 2.10. The molecule has 5 nitrogen and oxygen atoms in total. The molecule has 2 aromatic rings. The Labute approximate surface area is 133 Å². The molecule has 2 aromatic carbocycles. The Morgan fingerprint density at radius 1 is 1.23 bits per heavy atom. The van der Waals surface area contributed by atoms with Crippen LogP contribution in [0.3, 0.4) is 0 Å². The lowest BCUT2D eigenvalue weighted by Gasteiger charge is -2.17. The van der Waals surface area contributed by atoms with Gasteiger partial charge in [0.2, 0.25) is 0 Å². The van der Waals surface area contributed by atoms with E-state index in [0.29, 0.717) is 16.5 Å². The van der Waals surface area contributed by atoms with Gasteiger partial charge in [-0.2, -0.15) is 0 Å². The molecule has 0 radical (unpaired) electrons. The highest BCUT2D eigenvalue weighted by molar-refractivity contribution is 6.30. The first-order valence-corrected chi connectivity index (χ1v) is 7.11. The molecule has 0 aliphatic carbocycles. The van der Waals surface area contributed by atoms with Crippen LogP contribution in [0, 0.1) is 6.92 Å². The van der Waals surface area contributed by atoms with E-state index in [4.69, 9.17) is 16.3 Å². The zero-order valence-corrected chi connectivity index (χ0v) is 13.0. The predicted octanol–water partition coefficient (Wildman–Crippen LogP) is 3.90. The van der Waals surface area contributed by atoms with Gasteiger partial charge < -0.3 is 20.5 Å². The standard InChI is InChI=1S/C16H17ClN2O3/c1-10-9-13(20)5-8-15(10)19-16(21)18-11(2)22-14-6-3-12(17)4-7-14/h3-9,11,20H,1-2H3,(H2,18,19,21). The number of phenolic OH excluding ortho intramolecular Hbond substituents is 1. The largest absolute Gasteiger partial charge is 0.508 e. The molecule has 2 rings (SSSR count). The minimum atomic E-state index is -0.515. The summed E-state index contributed by atoms with van der Waals surface area (Å²) in [6.07, 6.45) is -0.515. The molecule has 0 aliphatic heterocycles. The number of nitrogens with one attached hydrogen (secondary N) is 2. The Balaban J connectivity index is 1.89. The molecular formula is C16H17ClN2O3. The number of hydrogen-bond acceptors (Lipinski definition) is 3. The summed E-state index contributed by atoms with van der Waals surface area (Å²) in [5.41, 5.74) is 1.38. The SMILES string of the molecule is Cc1cc(O)ccc1NC(=O)NC(C)Oc1ccc(Cl)cc1. The molecule has 0 saturated heterocycles. The van der Waals surface area contributed by atoms with Gasteiger partial charge in [-0.15, -0.1) is 0 Å². The van der Waals surface area contributed by atoms with E-state index in [1.807, 2.05) is 0 Å². The number of carbonyl (C=O) groups is 1. The predicted molar refractivity (Wildman–Crippen MR) is 86.5 cm³/mol. The molecule has 22 heavy (non-hydrogen) atoms. The number of aromatic hydroxyl groups is 1. The van der Waals surface area contributed by atoms with Crippen molar-refractivity contribution in [1.82, 2.24) is 5.32 Å². The third-order valence-electron chi connectivity index (χ3n) is 2.92. The van der Waals surface area contributed by atoms with Gasteiger partial charge in [-0.25, -0.2) is 4.79 Å². The lowest BCUT2D eigenvalue weighted by atomic mass is 10.2. The Morgan fingerprint density at radius 3 is 2.55 bits per heavy atom.